The molecule has 0 bridgehead atoms. The van der Waals surface area contributed by atoms with Crippen LogP contribution in [0.25, 0.3) is 33.6 Å². The Morgan fingerprint density at radius 3 is 2.39 bits per heavy atom. The molecule has 0 spiro atoms. The van der Waals surface area contributed by atoms with Gasteiger partial charge < -0.3 is 5.32 Å². The monoisotopic (exact) mass is 460 g/mol. The van der Waals surface area contributed by atoms with E-state index in [2.05, 4.69) is 44.7 Å². The third-order valence-electron chi connectivity index (χ3n) is 6.06. The highest BCUT2D eigenvalue weighted by Gasteiger charge is 2.29. The number of hydrogen-bond acceptors (Lipinski definition) is 7. The van der Waals surface area contributed by atoms with Crippen molar-refractivity contribution in [1.29, 1.82) is 0 Å². The second-order valence-corrected chi connectivity index (χ2v) is 9.27. The van der Waals surface area contributed by atoms with Gasteiger partial charge in [0.05, 0.1) is 12.4 Å². The fourth-order valence-corrected chi connectivity index (χ4v) is 4.63. The number of rotatable bonds is 8. The lowest BCUT2D eigenvalue weighted by Crippen LogP contribution is -2.39. The van der Waals surface area contributed by atoms with Gasteiger partial charge in [0.15, 0.2) is 5.82 Å². The predicted octanol–water partition coefficient (Wildman–Crippen LogP) is 4.00. The van der Waals surface area contributed by atoms with Crippen LogP contribution in [0.2, 0.25) is 0 Å². The Morgan fingerprint density at radius 1 is 0.970 bits per heavy atom. The molecule has 9 heteroatoms. The zero-order chi connectivity index (χ0) is 22.8. The number of aryl methyl sites for hydroxylation is 2. The van der Waals surface area contributed by atoms with E-state index < -0.39 is 0 Å². The molecule has 0 aliphatic heterocycles. The zero-order valence-electron chi connectivity index (χ0n) is 19.1. The van der Waals surface area contributed by atoms with Gasteiger partial charge in [0.25, 0.3) is 0 Å². The Kier molecular flexibility index (Phi) is 6.15. The van der Waals surface area contributed by atoms with Gasteiger partial charge in [-0.3, -0.25) is 14.1 Å². The number of aromatic nitrogens is 6. The smallest absolute Gasteiger partial charge is 0.161 e. The largest absolute Gasteiger partial charge is 0.367 e. The molecule has 0 atom stereocenters. The normalized spacial score (nSPS) is 17.7. The van der Waals surface area contributed by atoms with Crippen LogP contribution < -0.4 is 10.0 Å². The summed E-state index contributed by atoms with van der Waals surface area (Å²) in [5, 5.41) is 12.3. The summed E-state index contributed by atoms with van der Waals surface area (Å²) in [5.74, 6) is 2.27. The molecule has 8 nitrogen and oxygen atoms in total. The van der Waals surface area contributed by atoms with Crippen LogP contribution in [0.4, 0.5) is 5.82 Å². The summed E-state index contributed by atoms with van der Waals surface area (Å²) in [6, 6.07) is 8.71. The maximum atomic E-state index is 4.98. The molecule has 1 saturated carbocycles. The molecular formula is C24H28N8S. The molecule has 2 N–H and O–H groups in total. The van der Waals surface area contributed by atoms with Gasteiger partial charge in [0.2, 0.25) is 0 Å². The molecule has 33 heavy (non-hydrogen) atoms. The van der Waals surface area contributed by atoms with E-state index in [4.69, 9.17) is 9.97 Å². The van der Waals surface area contributed by atoms with E-state index in [9.17, 15) is 0 Å². The second kappa shape index (κ2) is 9.36. The molecule has 4 aromatic rings. The van der Waals surface area contributed by atoms with Crippen LogP contribution in [0.15, 0.2) is 55.2 Å². The zero-order valence-corrected chi connectivity index (χ0v) is 19.9. The lowest BCUT2D eigenvalue weighted by Gasteiger charge is -2.36. The van der Waals surface area contributed by atoms with Gasteiger partial charge in [-0.05, 0) is 36.6 Å². The molecule has 1 aliphatic rings. The summed E-state index contributed by atoms with van der Waals surface area (Å²) in [6.07, 6.45) is 14.0. The van der Waals surface area contributed by atoms with Crippen LogP contribution in [0.1, 0.15) is 12.8 Å². The molecule has 0 saturated heterocycles. The van der Waals surface area contributed by atoms with E-state index in [0.29, 0.717) is 17.8 Å². The summed E-state index contributed by atoms with van der Waals surface area (Å²) in [6.45, 7) is 1.05. The average molecular weight is 461 g/mol. The van der Waals surface area contributed by atoms with Gasteiger partial charge in [-0.2, -0.15) is 10.2 Å². The van der Waals surface area contributed by atoms with Gasteiger partial charge in [-0.25, -0.2) is 9.97 Å². The van der Waals surface area contributed by atoms with Gasteiger partial charge in [-0.1, -0.05) is 30.1 Å². The van der Waals surface area contributed by atoms with Gasteiger partial charge in [-0.15, -0.1) is 0 Å². The van der Waals surface area contributed by atoms with Gasteiger partial charge in [0.1, 0.15) is 5.82 Å². The third kappa shape index (κ3) is 4.79. The minimum absolute atomic E-state index is 0.415. The number of benzene rings is 1. The van der Waals surface area contributed by atoms with Crippen molar-refractivity contribution in [2.75, 3.05) is 18.1 Å². The quantitative estimate of drug-likeness (QED) is 0.384. The second-order valence-electron chi connectivity index (χ2n) is 8.57. The van der Waals surface area contributed by atoms with Crippen molar-refractivity contribution < 1.29 is 0 Å². The van der Waals surface area contributed by atoms with Crippen LogP contribution in [0.3, 0.4) is 0 Å². The maximum absolute atomic E-state index is 4.98. The Morgan fingerprint density at radius 2 is 1.70 bits per heavy atom. The first-order valence-electron chi connectivity index (χ1n) is 11.1. The fourth-order valence-electron chi connectivity index (χ4n) is 4.23. The molecular weight excluding hydrogens is 432 g/mol. The van der Waals surface area contributed by atoms with Crippen molar-refractivity contribution in [3.05, 3.63) is 55.2 Å². The standard InChI is InChI=1S/C24H28N8S/c1-31-14-19(11-26-31)17-5-4-6-18(9-17)23-25-13-22(20-12-27-32(2)15-20)24(30-23)29-21-7-16(8-21)10-28-33-3/h4-6,9,11-16,21,28H,7-8,10H2,1-3H3,(H,25,29,30). The van der Waals surface area contributed by atoms with Crippen molar-refractivity contribution in [3.63, 3.8) is 0 Å². The van der Waals surface area contributed by atoms with Crippen LogP contribution in [0.5, 0.6) is 0 Å². The van der Waals surface area contributed by atoms with Gasteiger partial charge in [0, 0.05) is 67.5 Å². The number of hydrogen-bond donors (Lipinski definition) is 2. The molecule has 3 aromatic heterocycles. The Hall–Kier alpha value is -3.17. The van der Waals surface area contributed by atoms with Crippen molar-refractivity contribution >= 4 is 17.8 Å². The number of nitrogens with one attached hydrogen (secondary N) is 2. The van der Waals surface area contributed by atoms with E-state index >= 15 is 0 Å². The van der Waals surface area contributed by atoms with E-state index in [1.165, 1.54) is 0 Å². The first-order valence-corrected chi connectivity index (χ1v) is 12.3. The molecule has 1 aromatic carbocycles. The summed E-state index contributed by atoms with van der Waals surface area (Å²) in [7, 11) is 3.85. The Balaban J connectivity index is 1.44. The Labute approximate surface area is 198 Å². The summed E-state index contributed by atoms with van der Waals surface area (Å²) in [4.78, 5) is 9.70. The van der Waals surface area contributed by atoms with E-state index in [0.717, 1.165) is 53.0 Å². The van der Waals surface area contributed by atoms with E-state index in [1.807, 2.05) is 55.8 Å². The van der Waals surface area contributed by atoms with Crippen molar-refractivity contribution in [2.45, 2.75) is 18.9 Å². The van der Waals surface area contributed by atoms with Crippen LogP contribution in [-0.4, -0.2) is 48.4 Å². The molecule has 0 unspecified atom stereocenters. The maximum Gasteiger partial charge on any atom is 0.161 e. The summed E-state index contributed by atoms with van der Waals surface area (Å²) < 4.78 is 6.98. The molecule has 5 rings (SSSR count). The third-order valence-corrected chi connectivity index (χ3v) is 6.51. The van der Waals surface area contributed by atoms with Crippen molar-refractivity contribution in [1.82, 2.24) is 34.3 Å². The molecule has 0 amide bonds. The Bertz CT molecular complexity index is 1240. The minimum Gasteiger partial charge on any atom is -0.367 e. The average Bonchev–Trinajstić information content (AvgIpc) is 3.43. The minimum atomic E-state index is 0.415. The molecule has 3 heterocycles. The highest BCUT2D eigenvalue weighted by atomic mass is 32.2. The molecule has 170 valence electrons. The van der Waals surface area contributed by atoms with Gasteiger partial charge >= 0.3 is 0 Å². The summed E-state index contributed by atoms with van der Waals surface area (Å²) >= 11 is 1.68. The van der Waals surface area contributed by atoms with Crippen LogP contribution in [-0.2, 0) is 14.1 Å². The first-order chi connectivity index (χ1) is 16.1. The molecule has 0 radical (unpaired) electrons. The first kappa shape index (κ1) is 21.7. The SMILES string of the molecule is CSNCC1CC(Nc2nc(-c3cccc(-c4cnn(C)c4)c3)ncc2-c2cnn(C)c2)C1. The predicted molar refractivity (Wildman–Crippen MR) is 134 cm³/mol. The highest BCUT2D eigenvalue weighted by Crippen LogP contribution is 2.34. The van der Waals surface area contributed by atoms with Crippen molar-refractivity contribution in [3.8, 4) is 33.6 Å². The topological polar surface area (TPSA) is 85.5 Å². The lowest BCUT2D eigenvalue weighted by molar-refractivity contribution is 0.285. The summed E-state index contributed by atoms with van der Waals surface area (Å²) in [5.41, 5.74) is 5.13. The van der Waals surface area contributed by atoms with E-state index in [1.54, 1.807) is 16.6 Å². The van der Waals surface area contributed by atoms with Crippen LogP contribution >= 0.6 is 11.9 Å². The van der Waals surface area contributed by atoms with Crippen LogP contribution in [0, 0.1) is 5.92 Å². The lowest BCUT2D eigenvalue weighted by atomic mass is 9.80. The highest BCUT2D eigenvalue weighted by molar-refractivity contribution is 7.96. The molecule has 1 aliphatic carbocycles. The molecule has 1 fully saturated rings. The van der Waals surface area contributed by atoms with Crippen molar-refractivity contribution in [2.24, 2.45) is 20.0 Å². The van der Waals surface area contributed by atoms with E-state index in [-0.39, 0.29) is 0 Å². The number of nitrogens with zero attached hydrogens (tertiary/aromatic N) is 6. The number of anilines is 1. The fraction of sp³-hybridized carbons (Fsp3) is 0.333.